The Labute approximate surface area is 160 Å². The summed E-state index contributed by atoms with van der Waals surface area (Å²) >= 11 is 11.9. The summed E-state index contributed by atoms with van der Waals surface area (Å²) in [4.78, 5) is 15.8. The van der Waals surface area contributed by atoms with Gasteiger partial charge in [-0.3, -0.25) is 4.79 Å². The Hall–Kier alpha value is -2.76. The van der Waals surface area contributed by atoms with Gasteiger partial charge in [0.2, 0.25) is 11.8 Å². The van der Waals surface area contributed by atoms with Crippen LogP contribution in [0.5, 0.6) is 11.6 Å². The molecule has 3 rings (SSSR count). The van der Waals surface area contributed by atoms with Gasteiger partial charge in [-0.05, 0) is 35.9 Å². The number of amides is 1. The van der Waals surface area contributed by atoms with E-state index in [0.29, 0.717) is 15.8 Å². The Balaban J connectivity index is 1.73. The van der Waals surface area contributed by atoms with Gasteiger partial charge in [-0.15, -0.1) is 0 Å². The number of halogens is 2. The second kappa shape index (κ2) is 8.08. The maximum absolute atomic E-state index is 11.8. The molecule has 1 aromatic heterocycles. The maximum Gasteiger partial charge on any atom is 0.244 e. The van der Waals surface area contributed by atoms with Crippen LogP contribution < -0.4 is 15.8 Å². The second-order valence-electron chi connectivity index (χ2n) is 5.46. The van der Waals surface area contributed by atoms with E-state index in [2.05, 4.69) is 10.3 Å². The Morgan fingerprint density at radius 1 is 1.08 bits per heavy atom. The molecule has 7 heteroatoms. The fourth-order valence-corrected chi connectivity index (χ4v) is 2.76. The van der Waals surface area contributed by atoms with Crippen LogP contribution >= 0.6 is 23.2 Å². The first-order valence-electron chi connectivity index (χ1n) is 7.72. The quantitative estimate of drug-likeness (QED) is 0.635. The molecule has 26 heavy (non-hydrogen) atoms. The first kappa shape index (κ1) is 18.0. The van der Waals surface area contributed by atoms with Gasteiger partial charge >= 0.3 is 0 Å². The standard InChI is InChI=1S/C19H15Cl2N3O2/c20-13-10-16(21)19(23-11-13)26-15-8-6-14(7-9-15)24-17(18(22)25)12-4-2-1-3-5-12/h1-11,17,24H,(H2,22,25). The first-order chi connectivity index (χ1) is 12.5. The number of aromatic nitrogens is 1. The monoisotopic (exact) mass is 387 g/mol. The van der Waals surface area contributed by atoms with Crippen LogP contribution in [0.25, 0.3) is 0 Å². The second-order valence-corrected chi connectivity index (χ2v) is 6.30. The van der Waals surface area contributed by atoms with Gasteiger partial charge in [-0.25, -0.2) is 4.98 Å². The molecule has 1 heterocycles. The number of rotatable bonds is 6. The summed E-state index contributed by atoms with van der Waals surface area (Å²) in [7, 11) is 0. The minimum absolute atomic E-state index is 0.260. The highest BCUT2D eigenvalue weighted by molar-refractivity contribution is 6.35. The molecule has 132 valence electrons. The molecule has 0 aliphatic carbocycles. The highest BCUT2D eigenvalue weighted by Gasteiger charge is 2.17. The van der Waals surface area contributed by atoms with E-state index in [1.165, 1.54) is 6.20 Å². The fraction of sp³-hybridized carbons (Fsp3) is 0.0526. The van der Waals surface area contributed by atoms with Crippen molar-refractivity contribution in [2.24, 2.45) is 5.73 Å². The van der Waals surface area contributed by atoms with E-state index in [4.69, 9.17) is 33.7 Å². The van der Waals surface area contributed by atoms with Crippen molar-refractivity contribution in [3.63, 3.8) is 0 Å². The largest absolute Gasteiger partial charge is 0.438 e. The minimum atomic E-state index is -0.629. The number of nitrogens with zero attached hydrogens (tertiary/aromatic N) is 1. The summed E-state index contributed by atoms with van der Waals surface area (Å²) in [6.07, 6.45) is 1.45. The van der Waals surface area contributed by atoms with Gasteiger partial charge in [0.15, 0.2) is 0 Å². The lowest BCUT2D eigenvalue weighted by molar-refractivity contribution is -0.118. The molecule has 0 saturated carbocycles. The van der Waals surface area contributed by atoms with Crippen LogP contribution in [-0.4, -0.2) is 10.9 Å². The van der Waals surface area contributed by atoms with E-state index >= 15 is 0 Å². The molecular formula is C19H15Cl2N3O2. The van der Waals surface area contributed by atoms with Crippen LogP contribution in [0.3, 0.4) is 0 Å². The summed E-state index contributed by atoms with van der Waals surface area (Å²) in [5, 5.41) is 3.86. The summed E-state index contributed by atoms with van der Waals surface area (Å²) in [5.74, 6) is 0.340. The Morgan fingerprint density at radius 2 is 1.77 bits per heavy atom. The first-order valence-corrected chi connectivity index (χ1v) is 8.48. The van der Waals surface area contributed by atoms with E-state index < -0.39 is 11.9 Å². The van der Waals surface area contributed by atoms with Gasteiger partial charge in [0, 0.05) is 11.9 Å². The van der Waals surface area contributed by atoms with Gasteiger partial charge in [0.05, 0.1) is 5.02 Å². The van der Waals surface area contributed by atoms with Crippen molar-refractivity contribution in [2.45, 2.75) is 6.04 Å². The van der Waals surface area contributed by atoms with E-state index in [1.807, 2.05) is 30.3 Å². The van der Waals surface area contributed by atoms with Crippen LogP contribution in [0, 0.1) is 0 Å². The smallest absolute Gasteiger partial charge is 0.244 e. The van der Waals surface area contributed by atoms with E-state index in [9.17, 15) is 4.79 Å². The number of hydrogen-bond acceptors (Lipinski definition) is 4. The maximum atomic E-state index is 11.8. The summed E-state index contributed by atoms with van der Waals surface area (Å²) in [6, 6.07) is 17.2. The molecular weight excluding hydrogens is 373 g/mol. The van der Waals surface area contributed by atoms with Crippen molar-refractivity contribution in [1.29, 1.82) is 0 Å². The van der Waals surface area contributed by atoms with Gasteiger partial charge in [-0.2, -0.15) is 0 Å². The molecule has 3 N–H and O–H groups in total. The van der Waals surface area contributed by atoms with Crippen molar-refractivity contribution in [3.8, 4) is 11.6 Å². The fourth-order valence-electron chi connectivity index (χ4n) is 2.34. The highest BCUT2D eigenvalue weighted by atomic mass is 35.5. The summed E-state index contributed by atoms with van der Waals surface area (Å²) in [5.41, 5.74) is 7.03. The molecule has 1 unspecified atom stereocenters. The SMILES string of the molecule is NC(=O)C(Nc1ccc(Oc2ncc(Cl)cc2Cl)cc1)c1ccccc1. The molecule has 0 fully saturated rings. The molecule has 0 spiro atoms. The molecule has 0 aliphatic heterocycles. The topological polar surface area (TPSA) is 77.2 Å². The molecule has 3 aromatic rings. The molecule has 5 nitrogen and oxygen atoms in total. The van der Waals surface area contributed by atoms with Crippen molar-refractivity contribution in [1.82, 2.24) is 4.98 Å². The number of nitrogens with two attached hydrogens (primary N) is 1. The van der Waals surface area contributed by atoms with Crippen molar-refractivity contribution in [3.05, 3.63) is 82.5 Å². The van der Waals surface area contributed by atoms with Gasteiger partial charge < -0.3 is 15.8 Å². The molecule has 0 aliphatic rings. The number of ether oxygens (including phenoxy) is 1. The predicted octanol–water partition coefficient (Wildman–Crippen LogP) is 4.82. The van der Waals surface area contributed by atoms with Crippen LogP contribution in [-0.2, 0) is 4.79 Å². The number of benzene rings is 2. The number of primary amides is 1. The Kier molecular flexibility index (Phi) is 5.61. The third kappa shape index (κ3) is 4.45. The zero-order valence-corrected chi connectivity index (χ0v) is 15.0. The van der Waals surface area contributed by atoms with Crippen molar-refractivity contribution in [2.75, 3.05) is 5.32 Å². The predicted molar refractivity (Wildman–Crippen MR) is 103 cm³/mol. The van der Waals surface area contributed by atoms with E-state index in [1.54, 1.807) is 30.3 Å². The van der Waals surface area contributed by atoms with E-state index in [-0.39, 0.29) is 5.88 Å². The molecule has 1 atom stereocenters. The number of carbonyl (C=O) groups excluding carboxylic acids is 1. The van der Waals surface area contributed by atoms with Crippen LogP contribution in [0.2, 0.25) is 10.0 Å². The minimum Gasteiger partial charge on any atom is -0.438 e. The molecule has 1 amide bonds. The zero-order chi connectivity index (χ0) is 18.5. The van der Waals surface area contributed by atoms with Crippen LogP contribution in [0.1, 0.15) is 11.6 Å². The molecule has 2 aromatic carbocycles. The average Bonchev–Trinajstić information content (AvgIpc) is 2.64. The third-order valence-electron chi connectivity index (χ3n) is 3.57. The van der Waals surface area contributed by atoms with Crippen molar-refractivity contribution >= 4 is 34.8 Å². The number of pyridine rings is 1. The lowest BCUT2D eigenvalue weighted by atomic mass is 10.1. The van der Waals surface area contributed by atoms with Gasteiger partial charge in [0.1, 0.15) is 16.8 Å². The Bertz CT molecular complexity index is 902. The molecule has 0 bridgehead atoms. The Morgan fingerprint density at radius 3 is 2.38 bits per heavy atom. The van der Waals surface area contributed by atoms with Gasteiger partial charge in [-0.1, -0.05) is 53.5 Å². The number of hydrogen-bond donors (Lipinski definition) is 2. The summed E-state index contributed by atoms with van der Waals surface area (Å²) in [6.45, 7) is 0. The summed E-state index contributed by atoms with van der Waals surface area (Å²) < 4.78 is 5.64. The zero-order valence-electron chi connectivity index (χ0n) is 13.5. The molecule has 0 saturated heterocycles. The average molecular weight is 388 g/mol. The van der Waals surface area contributed by atoms with Gasteiger partial charge in [0.25, 0.3) is 0 Å². The van der Waals surface area contributed by atoms with Crippen LogP contribution in [0.4, 0.5) is 5.69 Å². The lowest BCUT2D eigenvalue weighted by Crippen LogP contribution is -2.27. The number of nitrogens with one attached hydrogen (secondary N) is 1. The number of carbonyl (C=O) groups is 1. The van der Waals surface area contributed by atoms with E-state index in [0.717, 1.165) is 11.3 Å². The lowest BCUT2D eigenvalue weighted by Gasteiger charge is -2.17. The number of anilines is 1. The van der Waals surface area contributed by atoms with Crippen molar-refractivity contribution < 1.29 is 9.53 Å². The van der Waals surface area contributed by atoms with Crippen LogP contribution in [0.15, 0.2) is 66.9 Å². The normalized spacial score (nSPS) is 11.6. The molecule has 0 radical (unpaired) electrons. The highest BCUT2D eigenvalue weighted by Crippen LogP contribution is 2.30. The third-order valence-corrected chi connectivity index (χ3v) is 4.05.